The number of nitrogens with two attached hydrogens (primary N) is 2. The average Bonchev–Trinajstić information content (AvgIpc) is 0.836. The van der Waals surface area contributed by atoms with Crippen molar-refractivity contribution in [3.63, 3.8) is 0 Å². The molecule has 0 unspecified atom stereocenters. The maximum absolute atomic E-state index is 12.1. The van der Waals surface area contributed by atoms with E-state index in [2.05, 4.69) is 232 Å². The molecular weight excluding hydrogens is 1960 g/mol. The second kappa shape index (κ2) is 63.7. The van der Waals surface area contributed by atoms with E-state index < -0.39 is 32.1 Å². The van der Waals surface area contributed by atoms with Crippen LogP contribution in [0.2, 0.25) is 5.28 Å². The lowest BCUT2D eigenvalue weighted by Crippen LogP contribution is -2.41. The van der Waals surface area contributed by atoms with Crippen LogP contribution in [0.4, 0.5) is 78.8 Å². The molecule has 6 aromatic carbocycles. The summed E-state index contributed by atoms with van der Waals surface area (Å²) >= 11 is 8.97. The molecule has 0 spiro atoms. The van der Waals surface area contributed by atoms with E-state index in [0.717, 1.165) is 144 Å². The van der Waals surface area contributed by atoms with Crippen molar-refractivity contribution in [3.8, 4) is 12.1 Å². The Balaban J connectivity index is 0.000000201. The number of nitriles is 2. The number of benzene rings is 6. The van der Waals surface area contributed by atoms with Crippen molar-refractivity contribution < 1.29 is 33.8 Å². The quantitative estimate of drug-likeness (QED) is 0.0125. The van der Waals surface area contributed by atoms with Gasteiger partial charge in [-0.15, -0.1) is 0 Å². The first-order valence-electron chi connectivity index (χ1n) is 52.8. The molecule has 11 N–H and O–H groups in total. The zero-order valence-corrected chi connectivity index (χ0v) is 90.6. The highest BCUT2D eigenvalue weighted by Crippen LogP contribution is 2.34. The molecule has 148 heavy (non-hydrogen) atoms. The fraction of sp³-hybridized carbons (Fsp3) is 0.532. The Morgan fingerprint density at radius 1 is 0.446 bits per heavy atom. The van der Waals surface area contributed by atoms with Gasteiger partial charge in [-0.1, -0.05) is 121 Å². The molecule has 3 aliphatic carbocycles. The molecule has 16 rings (SSSR count). The normalized spacial score (nSPS) is 17.9. The smallest absolute Gasteiger partial charge is 0.407 e. The SMILES string of the molecule is CC(C)(C)OC(=O)NC1CCC(CNc2nc(Cl)ncc2[N+](=O)[O-])CC1.CC(C)(C)OC(=O)NC1CCC(CNc2nc(NCc3cccc(N4CCCCC4)c3)ncc2[N+](=O)[O-])CC1.CCN(CC)CC.Cc1ccccc1.N#Cc1cccc(Br)c1.N#Cc1cccc(N2CCCCC2)c1.NC1CCC(CNc2nc(NCc3cccc(N4CCCCC4)c3)ncc2[N+](=O)[O-])CC1.NCc1cccc(N2CCCCC2)c1. The Kier molecular flexibility index (Phi) is 51.1. The third kappa shape index (κ3) is 44.3. The number of anilines is 9. The first-order valence-corrected chi connectivity index (χ1v) is 53.9. The second-order valence-electron chi connectivity index (χ2n) is 40.3. The molecule has 7 fully saturated rings. The van der Waals surface area contributed by atoms with E-state index in [4.69, 9.17) is 43.1 Å². The Labute approximate surface area is 888 Å². The fourth-order valence-electron chi connectivity index (χ4n) is 18.3. The van der Waals surface area contributed by atoms with Gasteiger partial charge in [-0.2, -0.15) is 25.5 Å². The number of rotatable bonds is 28. The summed E-state index contributed by atoms with van der Waals surface area (Å²) in [6, 6.07) is 55.6. The number of halogens is 2. The topological polar surface area (TPSA) is 459 Å². The van der Waals surface area contributed by atoms with Crippen molar-refractivity contribution in [2.75, 3.05) is 138 Å². The minimum atomic E-state index is -0.541. The van der Waals surface area contributed by atoms with E-state index in [1.165, 1.54) is 156 Å². The standard InChI is InChI=1S/C28H41N7O4.C23H33N7O2.C16H24ClN5O4.C12H18N2.C12H14N2.C7H4BrN.C7H8.C6H15N/c1-28(2,3)39-27(36)32-22-12-10-20(11-13-22)17-29-25-24(35(37)38)19-31-26(33-25)30-18-21-8-7-9-23(16-21)34-14-5-4-6-15-34;24-19-9-7-17(8-10-19)14-25-22-21(30(31)32)16-27-23(28-22)26-15-18-5-4-6-20(13-18)29-11-2-1-3-12-29;1-16(2,3)26-15(23)20-11-6-4-10(5-7-11)8-18-13-12(22(24)25)9-19-14(17)21-13;2*13-10-11-5-4-6-12(9-11)14-7-2-1-3-8-14;8-7-3-1-2-6(4-7)5-9;1-7-5-3-2-4-6-7;1-4-7(5-2)6-3/h7-9,16,19-20,22H,4-6,10-15,17-18H2,1-3H3,(H,32,36)(H2,29,30,31,33);4-6,13,16-17,19H,1-3,7-12,14-15,24H2,(H2,25,26,27,28);9-11H,4-8H2,1-3H3,(H,20,23)(H,18,19,21);4-6,9H,1-3,7-8,10,13H2;4-6,9H,1-3,7-8H2;1-4H;2-6H,1H3;4-6H2,1-3H3. The molecule has 4 aliphatic heterocycles. The highest BCUT2D eigenvalue weighted by Gasteiger charge is 2.31. The number of ether oxygens (including phenoxy) is 2. The van der Waals surface area contributed by atoms with Crippen LogP contribution in [-0.2, 0) is 29.1 Å². The van der Waals surface area contributed by atoms with Crippen molar-refractivity contribution in [1.29, 1.82) is 10.5 Å². The molecule has 0 radical (unpaired) electrons. The second-order valence-corrected chi connectivity index (χ2v) is 41.6. The maximum Gasteiger partial charge on any atom is 0.407 e. The van der Waals surface area contributed by atoms with Gasteiger partial charge in [0.05, 0.1) is 38.0 Å². The van der Waals surface area contributed by atoms with E-state index in [1.54, 1.807) is 12.1 Å². The van der Waals surface area contributed by atoms with Crippen molar-refractivity contribution in [2.45, 2.75) is 272 Å². The lowest BCUT2D eigenvalue weighted by atomic mass is 9.86. The number of hydrogen-bond acceptors (Lipinski definition) is 30. The number of hydrogen-bond donors (Lipinski definition) is 9. The summed E-state index contributed by atoms with van der Waals surface area (Å²) in [6.45, 7) is 35.7. The van der Waals surface area contributed by atoms with E-state index in [-0.39, 0.29) is 64.0 Å². The molecule has 800 valence electrons. The fourth-order valence-corrected chi connectivity index (χ4v) is 18.8. The van der Waals surface area contributed by atoms with Crippen molar-refractivity contribution in [2.24, 2.45) is 29.2 Å². The number of piperidine rings is 4. The monoisotopic (exact) mass is 2110 g/mol. The number of amides is 2. The molecule has 7 aliphatic rings. The molecule has 37 heteroatoms. The van der Waals surface area contributed by atoms with Crippen LogP contribution in [0.3, 0.4) is 0 Å². The minimum Gasteiger partial charge on any atom is -0.444 e. The largest absolute Gasteiger partial charge is 0.444 e. The lowest BCUT2D eigenvalue weighted by Gasteiger charge is -2.30. The van der Waals surface area contributed by atoms with E-state index in [9.17, 15) is 39.9 Å². The van der Waals surface area contributed by atoms with Gasteiger partial charge in [0.2, 0.25) is 34.6 Å². The number of carbonyl (C=O) groups excluding carboxylic acids is 2. The summed E-state index contributed by atoms with van der Waals surface area (Å²) in [4.78, 5) is 93.3. The van der Waals surface area contributed by atoms with Gasteiger partial charge in [0.25, 0.3) is 0 Å². The number of carbonyl (C=O) groups is 2. The van der Waals surface area contributed by atoms with Crippen molar-refractivity contribution in [3.05, 3.63) is 244 Å². The Morgan fingerprint density at radius 2 is 0.777 bits per heavy atom. The Bertz CT molecular complexity index is 5580. The predicted molar refractivity (Wildman–Crippen MR) is 597 cm³/mol. The first-order chi connectivity index (χ1) is 71.2. The number of nitrogens with zero attached hydrogens (tertiary/aromatic N) is 16. The molecule has 0 atom stereocenters. The number of nitro groups is 3. The average molecular weight is 2120 g/mol. The molecule has 0 bridgehead atoms. The molecule has 3 saturated carbocycles. The van der Waals surface area contributed by atoms with Gasteiger partial charge >= 0.3 is 29.2 Å². The molecule has 7 heterocycles. The predicted octanol–water partition coefficient (Wildman–Crippen LogP) is 23.3. The van der Waals surface area contributed by atoms with Crippen LogP contribution in [0, 0.1) is 77.7 Å². The molecule has 4 saturated heterocycles. The van der Waals surface area contributed by atoms with Gasteiger partial charge < -0.3 is 82.7 Å². The van der Waals surface area contributed by atoms with Gasteiger partial charge in [-0.25, -0.2) is 24.5 Å². The van der Waals surface area contributed by atoms with Gasteiger partial charge in [-0.3, -0.25) is 30.3 Å². The van der Waals surface area contributed by atoms with Gasteiger partial charge in [0.15, 0.2) is 0 Å². The van der Waals surface area contributed by atoms with Crippen LogP contribution in [0.15, 0.2) is 175 Å². The molecule has 9 aromatic rings. The molecule has 3 aromatic heterocycles. The number of aromatic nitrogens is 6. The van der Waals surface area contributed by atoms with Crippen LogP contribution >= 0.6 is 27.5 Å². The lowest BCUT2D eigenvalue weighted by molar-refractivity contribution is -0.384. The van der Waals surface area contributed by atoms with E-state index >= 15 is 0 Å². The Morgan fingerprint density at radius 3 is 1.10 bits per heavy atom. The van der Waals surface area contributed by atoms with Crippen LogP contribution in [0.1, 0.15) is 250 Å². The van der Waals surface area contributed by atoms with Gasteiger partial charge in [-0.05, 0) is 341 Å². The summed E-state index contributed by atoms with van der Waals surface area (Å²) in [7, 11) is 0. The van der Waals surface area contributed by atoms with E-state index in [1.807, 2.05) is 96.1 Å². The Hall–Kier alpha value is -12.9. The molecule has 35 nitrogen and oxygen atoms in total. The van der Waals surface area contributed by atoms with Crippen molar-refractivity contribution in [1.82, 2.24) is 45.4 Å². The molecular formula is C111H157BrClN25O10. The maximum atomic E-state index is 12.1. The summed E-state index contributed by atoms with van der Waals surface area (Å²) < 4.78 is 11.6. The summed E-state index contributed by atoms with van der Waals surface area (Å²) in [5.41, 5.74) is 21.3. The third-order valence-electron chi connectivity index (χ3n) is 26.5. The summed E-state index contributed by atoms with van der Waals surface area (Å²) in [5, 5.41) is 72.9. The zero-order valence-electron chi connectivity index (χ0n) is 88.3. The van der Waals surface area contributed by atoms with Crippen LogP contribution < -0.4 is 68.3 Å². The minimum absolute atomic E-state index is 0.0385. The van der Waals surface area contributed by atoms with Crippen LogP contribution in [0.5, 0.6) is 0 Å². The number of alkyl carbamates (subject to hydrolysis) is 2. The van der Waals surface area contributed by atoms with Gasteiger partial charge in [0.1, 0.15) is 29.8 Å². The zero-order chi connectivity index (χ0) is 107. The van der Waals surface area contributed by atoms with Crippen LogP contribution in [0.25, 0.3) is 0 Å². The van der Waals surface area contributed by atoms with E-state index in [0.29, 0.717) is 74.5 Å². The van der Waals surface area contributed by atoms with Crippen molar-refractivity contribution >= 4 is 109 Å². The number of aryl methyl sites for hydroxylation is 1. The number of nitrogens with one attached hydrogen (secondary N) is 7. The van der Waals surface area contributed by atoms with Gasteiger partial charge in [0, 0.05) is 137 Å². The first kappa shape index (κ1) is 119. The van der Waals surface area contributed by atoms with Crippen LogP contribution in [-0.4, -0.2) is 183 Å². The highest BCUT2D eigenvalue weighted by molar-refractivity contribution is 9.10. The summed E-state index contributed by atoms with van der Waals surface area (Å²) in [6.07, 6.45) is 29.2. The molecule has 2 amide bonds. The third-order valence-corrected chi connectivity index (χ3v) is 27.2. The summed E-state index contributed by atoms with van der Waals surface area (Å²) in [5.74, 6) is 2.45. The highest BCUT2D eigenvalue weighted by atomic mass is 79.9.